The van der Waals surface area contributed by atoms with Gasteiger partial charge in [-0.05, 0) is 40.0 Å². The van der Waals surface area contributed by atoms with Gasteiger partial charge in [0.25, 0.3) is 0 Å². The number of nitrogens with zero attached hydrogens (tertiary/aromatic N) is 1. The highest BCUT2D eigenvalue weighted by atomic mass is 16.5. The van der Waals surface area contributed by atoms with Gasteiger partial charge in [0, 0.05) is 25.2 Å². The summed E-state index contributed by atoms with van der Waals surface area (Å²) in [6, 6.07) is 1.42. The van der Waals surface area contributed by atoms with Crippen molar-refractivity contribution in [1.82, 2.24) is 4.90 Å². The summed E-state index contributed by atoms with van der Waals surface area (Å²) in [5.41, 5.74) is 0. The highest BCUT2D eigenvalue weighted by Gasteiger charge is 2.30. The van der Waals surface area contributed by atoms with Crippen LogP contribution in [0.3, 0.4) is 0 Å². The first-order chi connectivity index (χ1) is 6.15. The molecule has 1 rings (SSSR count). The second-order valence-corrected chi connectivity index (χ2v) is 4.40. The van der Waals surface area contributed by atoms with E-state index in [0.29, 0.717) is 6.04 Å². The summed E-state index contributed by atoms with van der Waals surface area (Å²) in [6.07, 6.45) is 1.30. The molecule has 1 aliphatic rings. The molecule has 0 aromatic rings. The lowest BCUT2D eigenvalue weighted by Crippen LogP contribution is -2.34. The van der Waals surface area contributed by atoms with Crippen LogP contribution >= 0.6 is 0 Å². The van der Waals surface area contributed by atoms with Gasteiger partial charge in [-0.25, -0.2) is 0 Å². The minimum absolute atomic E-state index is 0.682. The molecular weight excluding hydrogens is 162 g/mol. The second kappa shape index (κ2) is 4.97. The first-order valence-corrected chi connectivity index (χ1v) is 5.48. The zero-order valence-electron chi connectivity index (χ0n) is 9.42. The van der Waals surface area contributed by atoms with Gasteiger partial charge in [-0.15, -0.1) is 0 Å². The molecule has 0 radical (unpaired) electrons. The molecule has 2 heteroatoms. The topological polar surface area (TPSA) is 12.5 Å². The molecule has 1 heterocycles. The quantitative estimate of drug-likeness (QED) is 0.665. The lowest BCUT2D eigenvalue weighted by atomic mass is 10.1. The van der Waals surface area contributed by atoms with Crippen LogP contribution in [0.5, 0.6) is 0 Å². The van der Waals surface area contributed by atoms with Crippen LogP contribution in [0, 0.1) is 5.92 Å². The Bertz CT molecular complexity index is 147. The average molecular weight is 185 g/mol. The van der Waals surface area contributed by atoms with Crippen molar-refractivity contribution >= 4 is 0 Å². The molecule has 78 valence electrons. The molecular formula is C11H23NO. The molecule has 0 aliphatic carbocycles. The first-order valence-electron chi connectivity index (χ1n) is 5.48. The molecule has 0 spiro atoms. The van der Waals surface area contributed by atoms with Crippen molar-refractivity contribution in [3.63, 3.8) is 0 Å². The summed E-state index contributed by atoms with van der Waals surface area (Å²) in [7, 11) is 0. The zero-order chi connectivity index (χ0) is 9.84. The Labute approximate surface area is 82.3 Å². The van der Waals surface area contributed by atoms with Crippen molar-refractivity contribution in [1.29, 1.82) is 0 Å². The molecule has 1 aliphatic heterocycles. The predicted molar refractivity (Wildman–Crippen MR) is 55.9 cm³/mol. The Morgan fingerprint density at radius 1 is 1.46 bits per heavy atom. The predicted octanol–water partition coefficient (Wildman–Crippen LogP) is 2.14. The fourth-order valence-corrected chi connectivity index (χ4v) is 2.30. The summed E-state index contributed by atoms with van der Waals surface area (Å²) in [5, 5.41) is 0. The van der Waals surface area contributed by atoms with Crippen LogP contribution in [0.1, 0.15) is 34.1 Å². The lowest BCUT2D eigenvalue weighted by molar-refractivity contribution is 0.110. The number of hydrogen-bond donors (Lipinski definition) is 0. The third-order valence-corrected chi connectivity index (χ3v) is 2.93. The maximum Gasteiger partial charge on any atom is 0.0506 e. The minimum atomic E-state index is 0.682. The zero-order valence-corrected chi connectivity index (χ0v) is 9.42. The summed E-state index contributed by atoms with van der Waals surface area (Å²) in [5.74, 6) is 0.761. The third kappa shape index (κ3) is 2.96. The van der Waals surface area contributed by atoms with E-state index in [1.54, 1.807) is 0 Å². The molecule has 0 N–H and O–H groups in total. The molecule has 1 fully saturated rings. The van der Waals surface area contributed by atoms with Crippen LogP contribution in [-0.2, 0) is 4.74 Å². The molecule has 0 aromatic heterocycles. The van der Waals surface area contributed by atoms with Gasteiger partial charge in [0.05, 0.1) is 6.61 Å². The summed E-state index contributed by atoms with van der Waals surface area (Å²) in [6.45, 7) is 12.0. The molecule has 2 atom stereocenters. The third-order valence-electron chi connectivity index (χ3n) is 2.93. The van der Waals surface area contributed by atoms with E-state index in [1.165, 1.54) is 13.0 Å². The highest BCUT2D eigenvalue weighted by molar-refractivity contribution is 4.84. The molecule has 13 heavy (non-hydrogen) atoms. The van der Waals surface area contributed by atoms with Gasteiger partial charge < -0.3 is 4.74 Å². The Morgan fingerprint density at radius 3 is 2.62 bits per heavy atom. The monoisotopic (exact) mass is 185 g/mol. The van der Waals surface area contributed by atoms with E-state index in [2.05, 4.69) is 32.6 Å². The minimum Gasteiger partial charge on any atom is -0.381 e. The summed E-state index contributed by atoms with van der Waals surface area (Å²) < 4.78 is 5.47. The first kappa shape index (κ1) is 11.0. The molecule has 0 saturated carbocycles. The number of likely N-dealkylation sites (tertiary alicyclic amines) is 1. The molecule has 2 unspecified atom stereocenters. The van der Waals surface area contributed by atoms with Gasteiger partial charge in [-0.3, -0.25) is 4.90 Å². The van der Waals surface area contributed by atoms with Gasteiger partial charge in [0.2, 0.25) is 0 Å². The van der Waals surface area contributed by atoms with Gasteiger partial charge in [0.15, 0.2) is 0 Å². The Balaban J connectivity index is 2.32. The fourth-order valence-electron chi connectivity index (χ4n) is 2.30. The Morgan fingerprint density at radius 2 is 2.15 bits per heavy atom. The van der Waals surface area contributed by atoms with Crippen molar-refractivity contribution in [2.24, 2.45) is 5.92 Å². The summed E-state index contributed by atoms with van der Waals surface area (Å²) in [4.78, 5) is 2.57. The van der Waals surface area contributed by atoms with Crippen LogP contribution in [0.25, 0.3) is 0 Å². The molecule has 1 saturated heterocycles. The highest BCUT2D eigenvalue weighted by Crippen LogP contribution is 2.24. The van der Waals surface area contributed by atoms with Crippen molar-refractivity contribution in [2.75, 3.05) is 19.8 Å². The van der Waals surface area contributed by atoms with Crippen LogP contribution in [0.2, 0.25) is 0 Å². The van der Waals surface area contributed by atoms with E-state index in [9.17, 15) is 0 Å². The maximum absolute atomic E-state index is 5.47. The van der Waals surface area contributed by atoms with Crippen molar-refractivity contribution in [3.05, 3.63) is 0 Å². The van der Waals surface area contributed by atoms with Crippen LogP contribution in [0.4, 0.5) is 0 Å². The maximum atomic E-state index is 5.47. The number of rotatable bonds is 4. The van der Waals surface area contributed by atoms with Crippen LogP contribution in [0.15, 0.2) is 0 Å². The van der Waals surface area contributed by atoms with E-state index in [4.69, 9.17) is 4.74 Å². The Kier molecular flexibility index (Phi) is 4.20. The summed E-state index contributed by atoms with van der Waals surface area (Å²) >= 11 is 0. The van der Waals surface area contributed by atoms with Gasteiger partial charge in [-0.2, -0.15) is 0 Å². The number of hydrogen-bond acceptors (Lipinski definition) is 2. The van der Waals surface area contributed by atoms with Crippen molar-refractivity contribution in [2.45, 2.75) is 46.2 Å². The standard InChI is InChI=1S/C11H23NO/c1-5-13-8-11-6-10(4)12(7-11)9(2)3/h9-11H,5-8H2,1-4H3. The smallest absolute Gasteiger partial charge is 0.0506 e. The largest absolute Gasteiger partial charge is 0.381 e. The van der Waals surface area contributed by atoms with Crippen LogP contribution < -0.4 is 0 Å². The SMILES string of the molecule is CCOCC1CC(C)N(C(C)C)C1. The molecule has 0 bridgehead atoms. The van der Waals surface area contributed by atoms with E-state index in [-0.39, 0.29) is 0 Å². The van der Waals surface area contributed by atoms with E-state index < -0.39 is 0 Å². The second-order valence-electron chi connectivity index (χ2n) is 4.40. The normalized spacial score (nSPS) is 30.2. The van der Waals surface area contributed by atoms with E-state index >= 15 is 0 Å². The molecule has 0 amide bonds. The Hall–Kier alpha value is -0.0800. The van der Waals surface area contributed by atoms with Crippen molar-refractivity contribution < 1.29 is 4.74 Å². The van der Waals surface area contributed by atoms with E-state index in [0.717, 1.165) is 25.2 Å². The average Bonchev–Trinajstić information content (AvgIpc) is 2.43. The van der Waals surface area contributed by atoms with E-state index in [1.807, 2.05) is 0 Å². The molecule has 2 nitrogen and oxygen atoms in total. The van der Waals surface area contributed by atoms with Crippen molar-refractivity contribution in [3.8, 4) is 0 Å². The molecule has 0 aromatic carbocycles. The lowest BCUT2D eigenvalue weighted by Gasteiger charge is -2.25. The fraction of sp³-hybridized carbons (Fsp3) is 1.00. The van der Waals surface area contributed by atoms with Gasteiger partial charge in [-0.1, -0.05) is 0 Å². The van der Waals surface area contributed by atoms with Gasteiger partial charge in [0.1, 0.15) is 0 Å². The van der Waals surface area contributed by atoms with Crippen LogP contribution in [-0.4, -0.2) is 36.7 Å². The number of ether oxygens (including phenoxy) is 1. The van der Waals surface area contributed by atoms with Gasteiger partial charge >= 0.3 is 0 Å².